The lowest BCUT2D eigenvalue weighted by atomic mass is 9.94. The monoisotopic (exact) mass is 466 g/mol. The lowest BCUT2D eigenvalue weighted by molar-refractivity contribution is 0.0705. The van der Waals surface area contributed by atoms with E-state index in [1.807, 2.05) is 48.2 Å². The van der Waals surface area contributed by atoms with E-state index in [2.05, 4.69) is 15.0 Å². The van der Waals surface area contributed by atoms with Crippen molar-refractivity contribution >= 4 is 11.7 Å². The molecule has 5 rings (SSSR count). The second-order valence-corrected chi connectivity index (χ2v) is 8.64. The highest BCUT2D eigenvalue weighted by Gasteiger charge is 2.27. The van der Waals surface area contributed by atoms with Gasteiger partial charge in [-0.25, -0.2) is 9.97 Å². The zero-order valence-corrected chi connectivity index (χ0v) is 19.5. The first kappa shape index (κ1) is 22.5. The van der Waals surface area contributed by atoms with Crippen molar-refractivity contribution in [3.05, 3.63) is 90.1 Å². The van der Waals surface area contributed by atoms with Crippen LogP contribution in [-0.4, -0.2) is 43.8 Å². The fourth-order valence-corrected chi connectivity index (χ4v) is 4.23. The van der Waals surface area contributed by atoms with E-state index in [4.69, 9.17) is 15.5 Å². The average molecular weight is 467 g/mol. The van der Waals surface area contributed by atoms with Gasteiger partial charge in [-0.2, -0.15) is 0 Å². The highest BCUT2D eigenvalue weighted by molar-refractivity contribution is 5.94. The van der Waals surface area contributed by atoms with E-state index >= 15 is 0 Å². The van der Waals surface area contributed by atoms with Crippen LogP contribution in [0.2, 0.25) is 0 Å². The number of carbonyl (C=O) groups is 1. The molecule has 1 aliphatic heterocycles. The van der Waals surface area contributed by atoms with E-state index in [0.717, 1.165) is 41.1 Å². The minimum absolute atomic E-state index is 0.0375. The van der Waals surface area contributed by atoms with E-state index in [0.29, 0.717) is 30.4 Å². The van der Waals surface area contributed by atoms with Crippen molar-refractivity contribution < 1.29 is 9.53 Å². The zero-order chi connectivity index (χ0) is 24.2. The summed E-state index contributed by atoms with van der Waals surface area (Å²) >= 11 is 0. The minimum Gasteiger partial charge on any atom is -0.437 e. The Kier molecular flexibility index (Phi) is 6.34. The second-order valence-electron chi connectivity index (χ2n) is 8.64. The van der Waals surface area contributed by atoms with Crippen LogP contribution in [0.1, 0.15) is 40.4 Å². The summed E-state index contributed by atoms with van der Waals surface area (Å²) in [6, 6.07) is 15.0. The number of benzene rings is 1. The van der Waals surface area contributed by atoms with Crippen LogP contribution in [0.25, 0.3) is 11.3 Å². The molecular weight excluding hydrogens is 440 g/mol. The van der Waals surface area contributed by atoms with Crippen LogP contribution < -0.4 is 10.5 Å². The number of piperidine rings is 1. The Hall–Kier alpha value is -4.33. The topological polar surface area (TPSA) is 107 Å². The molecule has 4 aromatic rings. The fraction of sp³-hybridized carbons (Fsp3) is 0.222. The molecule has 3 aromatic heterocycles. The molecule has 8 nitrogen and oxygen atoms in total. The molecule has 0 saturated carbocycles. The van der Waals surface area contributed by atoms with E-state index in [-0.39, 0.29) is 11.8 Å². The SMILES string of the molecule is Cc1ccccc1Oc1cncc(C2CCCN(C(=O)c3ccc(-c4ccc(N)nc4)nc3)C2)n1. The van der Waals surface area contributed by atoms with Gasteiger partial charge < -0.3 is 15.4 Å². The maximum absolute atomic E-state index is 13.2. The van der Waals surface area contributed by atoms with Crippen molar-refractivity contribution in [2.24, 2.45) is 0 Å². The van der Waals surface area contributed by atoms with Crippen LogP contribution >= 0.6 is 0 Å². The van der Waals surface area contributed by atoms with Crippen LogP contribution in [0.15, 0.2) is 73.3 Å². The van der Waals surface area contributed by atoms with Crippen molar-refractivity contribution in [3.8, 4) is 22.9 Å². The number of para-hydroxylation sites is 1. The van der Waals surface area contributed by atoms with Crippen molar-refractivity contribution in [2.75, 3.05) is 18.8 Å². The number of nitrogens with zero attached hydrogens (tertiary/aromatic N) is 5. The molecular formula is C27H26N6O2. The van der Waals surface area contributed by atoms with Gasteiger partial charge in [-0.05, 0) is 55.7 Å². The Bertz CT molecular complexity index is 1320. The number of amides is 1. The molecule has 1 aromatic carbocycles. The third-order valence-corrected chi connectivity index (χ3v) is 6.16. The third-order valence-electron chi connectivity index (χ3n) is 6.16. The lowest BCUT2D eigenvalue weighted by Crippen LogP contribution is -2.39. The van der Waals surface area contributed by atoms with Crippen LogP contribution in [0.4, 0.5) is 5.82 Å². The zero-order valence-electron chi connectivity index (χ0n) is 19.5. The Morgan fingerprint density at radius 1 is 1.03 bits per heavy atom. The summed E-state index contributed by atoms with van der Waals surface area (Å²) in [5.74, 6) is 1.72. The molecule has 8 heteroatoms. The van der Waals surface area contributed by atoms with Gasteiger partial charge in [-0.1, -0.05) is 18.2 Å². The van der Waals surface area contributed by atoms with Gasteiger partial charge in [-0.3, -0.25) is 14.8 Å². The molecule has 0 radical (unpaired) electrons. The highest BCUT2D eigenvalue weighted by Crippen LogP contribution is 2.29. The number of likely N-dealkylation sites (tertiary alicyclic amines) is 1. The molecule has 1 fully saturated rings. The summed E-state index contributed by atoms with van der Waals surface area (Å²) in [6.07, 6.45) is 8.50. The predicted molar refractivity (Wildman–Crippen MR) is 133 cm³/mol. The number of hydrogen-bond acceptors (Lipinski definition) is 7. The normalized spacial score (nSPS) is 15.6. The molecule has 1 saturated heterocycles. The summed E-state index contributed by atoms with van der Waals surface area (Å²) < 4.78 is 5.96. The van der Waals surface area contributed by atoms with Crippen molar-refractivity contribution in [1.29, 1.82) is 0 Å². The largest absolute Gasteiger partial charge is 0.437 e. The van der Waals surface area contributed by atoms with Gasteiger partial charge in [0.25, 0.3) is 5.91 Å². The Labute approximate surface area is 203 Å². The standard InChI is InChI=1S/C27H26N6O2/c1-18-5-2-3-7-24(18)35-26-16-29-15-23(32-26)21-6-4-12-33(17-21)27(34)20-8-10-22(30-14-20)19-9-11-25(28)31-13-19/h2-3,5,7-11,13-16,21H,4,6,12,17H2,1H3,(H2,28,31). The number of hydrogen-bond donors (Lipinski definition) is 1. The number of pyridine rings is 2. The molecule has 176 valence electrons. The Morgan fingerprint density at radius 2 is 1.91 bits per heavy atom. The van der Waals surface area contributed by atoms with E-state index in [1.54, 1.807) is 36.9 Å². The van der Waals surface area contributed by atoms with Crippen LogP contribution in [0.3, 0.4) is 0 Å². The van der Waals surface area contributed by atoms with E-state index < -0.39 is 0 Å². The molecule has 0 aliphatic carbocycles. The molecule has 0 bridgehead atoms. The highest BCUT2D eigenvalue weighted by atomic mass is 16.5. The van der Waals surface area contributed by atoms with E-state index in [1.165, 1.54) is 0 Å². The quantitative estimate of drug-likeness (QED) is 0.457. The van der Waals surface area contributed by atoms with Gasteiger partial charge in [0, 0.05) is 43.2 Å². The van der Waals surface area contributed by atoms with E-state index in [9.17, 15) is 4.79 Å². The molecule has 1 unspecified atom stereocenters. The third kappa shape index (κ3) is 5.11. The maximum Gasteiger partial charge on any atom is 0.255 e. The number of ether oxygens (including phenoxy) is 1. The molecule has 1 amide bonds. The summed E-state index contributed by atoms with van der Waals surface area (Å²) in [7, 11) is 0. The summed E-state index contributed by atoms with van der Waals surface area (Å²) in [6.45, 7) is 3.27. The molecule has 1 atom stereocenters. The van der Waals surface area contributed by atoms with Crippen molar-refractivity contribution in [3.63, 3.8) is 0 Å². The lowest BCUT2D eigenvalue weighted by Gasteiger charge is -2.32. The number of anilines is 1. The molecule has 4 heterocycles. The second kappa shape index (κ2) is 9.89. The Morgan fingerprint density at radius 3 is 2.69 bits per heavy atom. The van der Waals surface area contributed by atoms with Crippen LogP contribution in [-0.2, 0) is 0 Å². The number of nitrogen functional groups attached to an aromatic ring is 1. The van der Waals surface area contributed by atoms with Gasteiger partial charge in [0.15, 0.2) is 0 Å². The average Bonchev–Trinajstić information content (AvgIpc) is 2.90. The van der Waals surface area contributed by atoms with Gasteiger partial charge in [0.2, 0.25) is 5.88 Å². The number of aryl methyl sites for hydroxylation is 1. The van der Waals surface area contributed by atoms with Gasteiger partial charge >= 0.3 is 0 Å². The molecule has 2 N–H and O–H groups in total. The number of nitrogens with two attached hydrogens (primary N) is 1. The summed E-state index contributed by atoms with van der Waals surface area (Å²) in [5, 5.41) is 0. The Balaban J connectivity index is 1.28. The van der Waals surface area contributed by atoms with Gasteiger partial charge in [0.05, 0.1) is 23.1 Å². The molecule has 1 aliphatic rings. The van der Waals surface area contributed by atoms with Crippen molar-refractivity contribution in [2.45, 2.75) is 25.7 Å². The number of rotatable bonds is 5. The molecule has 0 spiro atoms. The summed E-state index contributed by atoms with van der Waals surface area (Å²) in [4.78, 5) is 32.7. The van der Waals surface area contributed by atoms with Crippen LogP contribution in [0.5, 0.6) is 11.6 Å². The van der Waals surface area contributed by atoms with Gasteiger partial charge in [-0.15, -0.1) is 0 Å². The van der Waals surface area contributed by atoms with Crippen molar-refractivity contribution in [1.82, 2.24) is 24.8 Å². The maximum atomic E-state index is 13.2. The first-order valence-corrected chi connectivity index (χ1v) is 11.6. The minimum atomic E-state index is -0.0375. The van der Waals surface area contributed by atoms with Gasteiger partial charge in [0.1, 0.15) is 11.6 Å². The van der Waals surface area contributed by atoms with Crippen LogP contribution in [0, 0.1) is 6.92 Å². The molecule has 35 heavy (non-hydrogen) atoms. The fourth-order valence-electron chi connectivity index (χ4n) is 4.23. The number of carbonyl (C=O) groups excluding carboxylic acids is 1. The first-order chi connectivity index (χ1) is 17.1. The smallest absolute Gasteiger partial charge is 0.255 e. The first-order valence-electron chi connectivity index (χ1n) is 11.6. The number of aromatic nitrogens is 4. The predicted octanol–water partition coefficient (Wildman–Crippen LogP) is 4.64. The summed E-state index contributed by atoms with van der Waals surface area (Å²) in [5.41, 5.74) is 9.66.